The molecular weight excluding hydrogens is 628 g/mol. The number of methoxy groups -OCH3 is 1. The van der Waals surface area contributed by atoms with Crippen LogP contribution < -0.4 is 9.64 Å². The van der Waals surface area contributed by atoms with Crippen LogP contribution in [0.5, 0.6) is 5.75 Å². The maximum Gasteiger partial charge on any atom is 0.397 e. The van der Waals surface area contributed by atoms with E-state index in [4.69, 9.17) is 21.6 Å². The van der Waals surface area contributed by atoms with Crippen LogP contribution in [0.4, 0.5) is 23.4 Å². The van der Waals surface area contributed by atoms with E-state index in [1.165, 1.54) is 24.1 Å². The van der Waals surface area contributed by atoms with Crippen molar-refractivity contribution >= 4 is 29.2 Å². The number of hydrogen-bond donors (Lipinski definition) is 0. The van der Waals surface area contributed by atoms with E-state index >= 15 is 4.39 Å². The number of carbonyl (C=O) groups is 2. The highest BCUT2D eigenvalue weighted by Gasteiger charge is 2.43. The number of aromatic nitrogens is 2. The molecule has 14 heteroatoms. The summed E-state index contributed by atoms with van der Waals surface area (Å²) in [5, 5.41) is 17.7. The van der Waals surface area contributed by atoms with Gasteiger partial charge in [0.15, 0.2) is 11.5 Å². The summed E-state index contributed by atoms with van der Waals surface area (Å²) in [6.07, 6.45) is 0.376. The van der Waals surface area contributed by atoms with E-state index < -0.39 is 42.2 Å². The van der Waals surface area contributed by atoms with Crippen LogP contribution in [0.1, 0.15) is 42.9 Å². The Bertz CT molecular complexity index is 1540. The number of alkyl halides is 3. The maximum absolute atomic E-state index is 15.4. The van der Waals surface area contributed by atoms with Gasteiger partial charge < -0.3 is 19.4 Å². The van der Waals surface area contributed by atoms with Gasteiger partial charge in [0, 0.05) is 61.7 Å². The Morgan fingerprint density at radius 3 is 2.57 bits per heavy atom. The third-order valence-corrected chi connectivity index (χ3v) is 9.12. The van der Waals surface area contributed by atoms with Crippen molar-refractivity contribution in [3.63, 3.8) is 0 Å². The fourth-order valence-corrected chi connectivity index (χ4v) is 6.74. The first-order valence-corrected chi connectivity index (χ1v) is 15.4. The van der Waals surface area contributed by atoms with Crippen molar-refractivity contribution in [1.29, 1.82) is 5.26 Å². The van der Waals surface area contributed by atoms with Crippen LogP contribution >= 0.6 is 11.6 Å². The van der Waals surface area contributed by atoms with E-state index in [0.29, 0.717) is 48.0 Å². The second-order valence-electron chi connectivity index (χ2n) is 11.7. The number of anilines is 1. The smallest absolute Gasteiger partial charge is 0.397 e. The van der Waals surface area contributed by atoms with Crippen LogP contribution in [-0.2, 0) is 9.59 Å². The number of amides is 2. The normalized spacial score (nSPS) is 23.8. The van der Waals surface area contributed by atoms with Gasteiger partial charge in [-0.2, -0.15) is 18.4 Å². The molecule has 9 nitrogen and oxygen atoms in total. The van der Waals surface area contributed by atoms with E-state index in [9.17, 15) is 22.8 Å². The zero-order chi connectivity index (χ0) is 33.0. The highest BCUT2D eigenvalue weighted by Crippen LogP contribution is 2.38. The van der Waals surface area contributed by atoms with E-state index in [-0.39, 0.29) is 43.7 Å². The van der Waals surface area contributed by atoms with Gasteiger partial charge in [-0.1, -0.05) is 29.8 Å². The lowest BCUT2D eigenvalue weighted by Gasteiger charge is -2.41. The molecule has 0 spiro atoms. The predicted molar refractivity (Wildman–Crippen MR) is 161 cm³/mol. The first kappa shape index (κ1) is 33.2. The van der Waals surface area contributed by atoms with Crippen molar-refractivity contribution in [3.8, 4) is 11.8 Å². The van der Waals surface area contributed by atoms with Crippen molar-refractivity contribution < 1.29 is 31.9 Å². The number of ether oxygens (including phenoxy) is 1. The zero-order valence-corrected chi connectivity index (χ0v) is 25.8. The van der Waals surface area contributed by atoms with Crippen LogP contribution in [0.25, 0.3) is 0 Å². The summed E-state index contributed by atoms with van der Waals surface area (Å²) >= 11 is 6.07. The summed E-state index contributed by atoms with van der Waals surface area (Å²) < 4.78 is 60.6. The van der Waals surface area contributed by atoms with Crippen LogP contribution in [0.2, 0.25) is 0 Å². The van der Waals surface area contributed by atoms with Crippen molar-refractivity contribution in [2.45, 2.75) is 43.8 Å². The number of nitriles is 1. The number of hydrogen-bond acceptors (Lipinski definition) is 7. The van der Waals surface area contributed by atoms with E-state index in [1.54, 1.807) is 40.2 Å². The summed E-state index contributed by atoms with van der Waals surface area (Å²) in [6.45, 7) is 0.680. The summed E-state index contributed by atoms with van der Waals surface area (Å²) in [4.78, 5) is 31.9. The molecule has 0 radical (unpaired) electrons. The van der Waals surface area contributed by atoms with Gasteiger partial charge in [-0.3, -0.25) is 9.59 Å². The maximum atomic E-state index is 15.4. The third-order valence-electron chi connectivity index (χ3n) is 8.84. The molecule has 1 aliphatic carbocycles. The Morgan fingerprint density at radius 2 is 1.93 bits per heavy atom. The molecule has 2 saturated heterocycles. The van der Waals surface area contributed by atoms with Gasteiger partial charge in [-0.25, -0.2) is 4.39 Å². The molecule has 2 aromatic rings. The van der Waals surface area contributed by atoms with Gasteiger partial charge in [0.25, 0.3) is 0 Å². The van der Waals surface area contributed by atoms with Crippen LogP contribution in [-0.4, -0.2) is 83.9 Å². The van der Waals surface area contributed by atoms with Gasteiger partial charge in [0.1, 0.15) is 24.1 Å². The Kier molecular flexibility index (Phi) is 10.2. The fourth-order valence-electron chi connectivity index (χ4n) is 6.58. The van der Waals surface area contributed by atoms with Crippen molar-refractivity contribution in [2.24, 2.45) is 11.8 Å². The van der Waals surface area contributed by atoms with Gasteiger partial charge in [0.2, 0.25) is 11.8 Å². The first-order chi connectivity index (χ1) is 22.0. The summed E-state index contributed by atoms with van der Waals surface area (Å²) in [5.41, 5.74) is 0.438. The SMILES string of the molecule is COc1ccc([C@@H]2CN(c3ccc(C#N)nn3)C[C@H]2C(=O)N2CCC[C@@H](C3C=CC(Cl)=CC3)N(C(=O)CC(F)(F)F)CC2)c(F)c1. The summed E-state index contributed by atoms with van der Waals surface area (Å²) in [5.74, 6) is -2.66. The molecule has 0 bridgehead atoms. The van der Waals surface area contributed by atoms with Crippen LogP contribution in [0.15, 0.2) is 53.6 Å². The third kappa shape index (κ3) is 7.61. The molecule has 1 aromatic carbocycles. The molecule has 0 saturated carbocycles. The number of benzene rings is 1. The molecule has 5 rings (SSSR count). The van der Waals surface area contributed by atoms with Gasteiger partial charge >= 0.3 is 6.18 Å². The van der Waals surface area contributed by atoms with E-state index in [0.717, 1.165) is 0 Å². The Labute approximate surface area is 269 Å². The number of carbonyl (C=O) groups excluding carboxylic acids is 2. The average Bonchev–Trinajstić information content (AvgIpc) is 3.45. The highest BCUT2D eigenvalue weighted by molar-refractivity contribution is 6.31. The second kappa shape index (κ2) is 14.1. The molecule has 2 fully saturated rings. The molecule has 3 heterocycles. The van der Waals surface area contributed by atoms with Crippen molar-refractivity contribution in [2.75, 3.05) is 44.7 Å². The number of rotatable bonds is 6. The summed E-state index contributed by atoms with van der Waals surface area (Å²) in [6, 6.07) is 9.00. The molecule has 46 heavy (non-hydrogen) atoms. The molecule has 3 aliphatic rings. The molecule has 1 aromatic heterocycles. The molecule has 1 unspecified atom stereocenters. The van der Waals surface area contributed by atoms with Crippen LogP contribution in [0, 0.1) is 29.0 Å². The average molecular weight is 661 g/mol. The van der Waals surface area contributed by atoms with Crippen molar-refractivity contribution in [3.05, 3.63) is 70.7 Å². The molecule has 4 atom stereocenters. The highest BCUT2D eigenvalue weighted by atomic mass is 35.5. The number of halogens is 5. The minimum Gasteiger partial charge on any atom is -0.497 e. The molecule has 2 aliphatic heterocycles. The summed E-state index contributed by atoms with van der Waals surface area (Å²) in [7, 11) is 1.42. The van der Waals surface area contributed by atoms with Gasteiger partial charge in [-0.15, -0.1) is 10.2 Å². The minimum absolute atomic E-state index is 0.0247. The van der Waals surface area contributed by atoms with E-state index in [1.807, 2.05) is 12.1 Å². The van der Waals surface area contributed by atoms with Gasteiger partial charge in [-0.05, 0) is 49.1 Å². The lowest BCUT2D eigenvalue weighted by molar-refractivity contribution is -0.165. The Balaban J connectivity index is 1.40. The first-order valence-electron chi connectivity index (χ1n) is 15.0. The molecular formula is C32H33ClF4N6O3. The van der Waals surface area contributed by atoms with Crippen molar-refractivity contribution in [1.82, 2.24) is 20.0 Å². The number of nitrogens with zero attached hydrogens (tertiary/aromatic N) is 6. The standard InChI is InChI=1S/C32H33ClF4N6O3/c1-46-23-9-10-24(27(34)15-23)25-18-42(29-11-8-22(17-38)39-40-29)19-26(25)31(45)41-12-2-3-28(20-4-6-21(33)7-5-20)43(14-13-41)30(44)16-32(35,36)37/h4,6-11,15,20,25-26,28H,2-3,5,12-14,16,18-19H2,1H3/t20?,25-,26+,28-/m0/s1. The van der Waals surface area contributed by atoms with Gasteiger partial charge in [0.05, 0.1) is 13.0 Å². The number of allylic oxidation sites excluding steroid dienone is 3. The molecule has 244 valence electrons. The topological polar surface area (TPSA) is 103 Å². The lowest BCUT2D eigenvalue weighted by Crippen LogP contribution is -2.52. The zero-order valence-electron chi connectivity index (χ0n) is 25.1. The van der Waals surface area contributed by atoms with Crippen LogP contribution in [0.3, 0.4) is 0 Å². The second-order valence-corrected chi connectivity index (χ2v) is 12.1. The fraction of sp³-hybridized carbons (Fsp3) is 0.469. The minimum atomic E-state index is -4.68. The largest absolute Gasteiger partial charge is 0.497 e. The quantitative estimate of drug-likeness (QED) is 0.393. The van der Waals surface area contributed by atoms with E-state index in [2.05, 4.69) is 10.2 Å². The lowest BCUT2D eigenvalue weighted by atomic mass is 9.86. The monoisotopic (exact) mass is 660 g/mol. The predicted octanol–water partition coefficient (Wildman–Crippen LogP) is 5.19. The Morgan fingerprint density at radius 1 is 1.13 bits per heavy atom. The molecule has 0 N–H and O–H groups in total. The Hall–Kier alpha value is -4.18. The molecule has 2 amide bonds.